The van der Waals surface area contributed by atoms with Crippen LogP contribution in [0, 0.1) is 6.92 Å². The first-order valence-electron chi connectivity index (χ1n) is 6.88. The zero-order valence-corrected chi connectivity index (χ0v) is 12.3. The maximum Gasteiger partial charge on any atom is 0.224 e. The highest BCUT2D eigenvalue weighted by atomic mass is 32.1. The lowest BCUT2D eigenvalue weighted by Crippen LogP contribution is -2.12. The molecule has 3 nitrogen and oxygen atoms in total. The van der Waals surface area contributed by atoms with Gasteiger partial charge >= 0.3 is 0 Å². The van der Waals surface area contributed by atoms with Crippen molar-refractivity contribution in [2.75, 3.05) is 5.32 Å². The van der Waals surface area contributed by atoms with E-state index in [-0.39, 0.29) is 11.9 Å². The Labute approximate surface area is 122 Å². The van der Waals surface area contributed by atoms with Gasteiger partial charge < -0.3 is 11.1 Å². The molecule has 1 aromatic heterocycles. The zero-order chi connectivity index (χ0) is 14.1. The van der Waals surface area contributed by atoms with Crippen LogP contribution in [0.1, 0.15) is 39.8 Å². The molecule has 1 aromatic carbocycles. The number of hydrogen-bond donors (Lipinski definition) is 2. The third-order valence-electron chi connectivity index (χ3n) is 3.68. The van der Waals surface area contributed by atoms with Crippen LogP contribution >= 0.6 is 11.3 Å². The molecular formula is C16H18N2OS. The van der Waals surface area contributed by atoms with Crippen molar-refractivity contribution in [2.24, 2.45) is 5.73 Å². The van der Waals surface area contributed by atoms with Gasteiger partial charge in [-0.3, -0.25) is 4.79 Å². The summed E-state index contributed by atoms with van der Waals surface area (Å²) in [5.41, 5.74) is 9.59. The SMILES string of the molecule is Cc1ccc(C(N)c2ccc3c(c2)CCCC(=O)N3)s1. The lowest BCUT2D eigenvalue weighted by Gasteiger charge is -2.14. The van der Waals surface area contributed by atoms with E-state index in [1.54, 1.807) is 11.3 Å². The van der Waals surface area contributed by atoms with Crippen molar-refractivity contribution in [1.82, 2.24) is 0 Å². The highest BCUT2D eigenvalue weighted by Gasteiger charge is 2.16. The predicted molar refractivity (Wildman–Crippen MR) is 83.1 cm³/mol. The third kappa shape index (κ3) is 2.62. The number of benzene rings is 1. The Balaban J connectivity index is 1.92. The number of thiophene rings is 1. The molecule has 0 radical (unpaired) electrons. The predicted octanol–water partition coefficient (Wildman–Crippen LogP) is 3.38. The standard InChI is InChI=1S/C16H18N2OS/c1-10-5-8-14(20-10)16(17)12-6-7-13-11(9-12)3-2-4-15(19)18-13/h5-9,16H,2-4,17H2,1H3,(H,18,19). The van der Waals surface area contributed by atoms with E-state index in [0.29, 0.717) is 6.42 Å². The lowest BCUT2D eigenvalue weighted by molar-refractivity contribution is -0.116. The van der Waals surface area contributed by atoms with Crippen molar-refractivity contribution in [3.63, 3.8) is 0 Å². The Morgan fingerprint density at radius 1 is 1.25 bits per heavy atom. The number of amides is 1. The summed E-state index contributed by atoms with van der Waals surface area (Å²) in [4.78, 5) is 14.0. The fourth-order valence-electron chi connectivity index (χ4n) is 2.57. The molecule has 2 heterocycles. The van der Waals surface area contributed by atoms with Gasteiger partial charge in [0.05, 0.1) is 6.04 Å². The van der Waals surface area contributed by atoms with Crippen LogP contribution in [-0.2, 0) is 11.2 Å². The monoisotopic (exact) mass is 286 g/mol. The van der Waals surface area contributed by atoms with Crippen LogP contribution in [0.3, 0.4) is 0 Å². The van der Waals surface area contributed by atoms with E-state index in [2.05, 4.69) is 30.4 Å². The molecule has 1 atom stereocenters. The van der Waals surface area contributed by atoms with Crippen LogP contribution in [0.25, 0.3) is 0 Å². The zero-order valence-electron chi connectivity index (χ0n) is 11.5. The molecule has 0 spiro atoms. The van der Waals surface area contributed by atoms with Gasteiger partial charge in [0.1, 0.15) is 0 Å². The number of carbonyl (C=O) groups excluding carboxylic acids is 1. The summed E-state index contributed by atoms with van der Waals surface area (Å²) in [7, 11) is 0. The van der Waals surface area contributed by atoms with Gasteiger partial charge in [0.25, 0.3) is 0 Å². The van der Waals surface area contributed by atoms with E-state index in [1.165, 1.54) is 15.3 Å². The average Bonchev–Trinajstić information content (AvgIpc) is 2.77. The number of hydrogen-bond acceptors (Lipinski definition) is 3. The Kier molecular flexibility index (Phi) is 3.59. The maximum absolute atomic E-state index is 11.6. The summed E-state index contributed by atoms with van der Waals surface area (Å²) >= 11 is 1.74. The third-order valence-corrected chi connectivity index (χ3v) is 4.76. The van der Waals surface area contributed by atoms with Crippen LogP contribution in [0.2, 0.25) is 0 Å². The Bertz CT molecular complexity index is 648. The molecule has 1 unspecified atom stereocenters. The van der Waals surface area contributed by atoms with Crippen LogP contribution in [0.15, 0.2) is 30.3 Å². The first kappa shape index (κ1) is 13.3. The molecule has 3 N–H and O–H groups in total. The van der Waals surface area contributed by atoms with E-state index < -0.39 is 0 Å². The van der Waals surface area contributed by atoms with Crippen molar-refractivity contribution < 1.29 is 4.79 Å². The molecule has 4 heteroatoms. The van der Waals surface area contributed by atoms with Gasteiger partial charge in [-0.25, -0.2) is 0 Å². The highest BCUT2D eigenvalue weighted by molar-refractivity contribution is 7.12. The highest BCUT2D eigenvalue weighted by Crippen LogP contribution is 2.30. The van der Waals surface area contributed by atoms with Gasteiger partial charge in [0.15, 0.2) is 0 Å². The molecule has 20 heavy (non-hydrogen) atoms. The van der Waals surface area contributed by atoms with E-state index >= 15 is 0 Å². The van der Waals surface area contributed by atoms with Crippen molar-refractivity contribution in [1.29, 1.82) is 0 Å². The summed E-state index contributed by atoms with van der Waals surface area (Å²) in [6, 6.07) is 10.2. The minimum absolute atomic E-state index is 0.0852. The van der Waals surface area contributed by atoms with Crippen molar-refractivity contribution in [3.05, 3.63) is 51.2 Å². The van der Waals surface area contributed by atoms with E-state index in [9.17, 15) is 4.79 Å². The van der Waals surface area contributed by atoms with Gasteiger partial charge in [0, 0.05) is 21.9 Å². The van der Waals surface area contributed by atoms with Gasteiger partial charge in [-0.2, -0.15) is 0 Å². The number of carbonyl (C=O) groups is 1. The van der Waals surface area contributed by atoms with E-state index in [0.717, 1.165) is 24.1 Å². The molecule has 1 amide bonds. The number of rotatable bonds is 2. The number of nitrogens with one attached hydrogen (secondary N) is 1. The molecule has 2 aromatic rings. The lowest BCUT2D eigenvalue weighted by atomic mass is 9.99. The molecule has 0 saturated heterocycles. The normalized spacial score (nSPS) is 16.2. The molecular weight excluding hydrogens is 268 g/mol. The van der Waals surface area contributed by atoms with Gasteiger partial charge in [-0.05, 0) is 49.1 Å². The van der Waals surface area contributed by atoms with Crippen LogP contribution in [-0.4, -0.2) is 5.91 Å². The number of nitrogens with two attached hydrogens (primary N) is 1. The van der Waals surface area contributed by atoms with Crippen LogP contribution < -0.4 is 11.1 Å². The molecule has 1 aliphatic rings. The minimum Gasteiger partial charge on any atom is -0.326 e. The second-order valence-corrected chi connectivity index (χ2v) is 6.56. The summed E-state index contributed by atoms with van der Waals surface area (Å²) in [6.45, 7) is 2.09. The fourth-order valence-corrected chi connectivity index (χ4v) is 3.48. The van der Waals surface area contributed by atoms with Gasteiger partial charge in [0.2, 0.25) is 5.91 Å². The van der Waals surface area contributed by atoms with Gasteiger partial charge in [-0.15, -0.1) is 11.3 Å². The van der Waals surface area contributed by atoms with Crippen LogP contribution in [0.5, 0.6) is 0 Å². The number of fused-ring (bicyclic) bond motifs is 1. The summed E-state index contributed by atoms with van der Waals surface area (Å²) in [5, 5.41) is 2.96. The summed E-state index contributed by atoms with van der Waals surface area (Å²) in [6.07, 6.45) is 2.42. The smallest absolute Gasteiger partial charge is 0.224 e. The van der Waals surface area contributed by atoms with Crippen LogP contribution in [0.4, 0.5) is 5.69 Å². The minimum atomic E-state index is -0.0852. The molecule has 0 saturated carbocycles. The molecule has 0 fully saturated rings. The molecule has 0 aliphatic carbocycles. The topological polar surface area (TPSA) is 55.1 Å². The number of aryl methyl sites for hydroxylation is 2. The number of anilines is 1. The second kappa shape index (κ2) is 5.38. The Morgan fingerprint density at radius 3 is 2.85 bits per heavy atom. The van der Waals surface area contributed by atoms with E-state index in [4.69, 9.17) is 5.73 Å². The summed E-state index contributed by atoms with van der Waals surface area (Å²) in [5.74, 6) is 0.106. The first-order valence-corrected chi connectivity index (χ1v) is 7.70. The van der Waals surface area contributed by atoms with Crippen molar-refractivity contribution >= 4 is 22.9 Å². The molecule has 1 aliphatic heterocycles. The quantitative estimate of drug-likeness (QED) is 0.889. The van der Waals surface area contributed by atoms with Crippen molar-refractivity contribution in [3.8, 4) is 0 Å². The first-order chi connectivity index (χ1) is 9.63. The average molecular weight is 286 g/mol. The molecule has 104 valence electrons. The van der Waals surface area contributed by atoms with Gasteiger partial charge in [-0.1, -0.05) is 12.1 Å². The Morgan fingerprint density at radius 2 is 2.10 bits per heavy atom. The van der Waals surface area contributed by atoms with Crippen molar-refractivity contribution in [2.45, 2.75) is 32.2 Å². The fraction of sp³-hybridized carbons (Fsp3) is 0.312. The Hall–Kier alpha value is -1.65. The van der Waals surface area contributed by atoms with E-state index in [1.807, 2.05) is 12.1 Å². The second-order valence-electron chi connectivity index (χ2n) is 5.24. The molecule has 3 rings (SSSR count). The maximum atomic E-state index is 11.6. The largest absolute Gasteiger partial charge is 0.326 e. The molecule has 0 bridgehead atoms. The summed E-state index contributed by atoms with van der Waals surface area (Å²) < 4.78 is 0.